The fraction of sp³-hybridized carbons (Fsp3) is 0.306. The van der Waals surface area contributed by atoms with Crippen molar-refractivity contribution in [2.45, 2.75) is 38.3 Å². The molecule has 2 N–H and O–H groups in total. The minimum absolute atomic E-state index is 0.431. The lowest BCUT2D eigenvalue weighted by Crippen LogP contribution is -2.48. The summed E-state index contributed by atoms with van der Waals surface area (Å²) in [7, 11) is 0. The molecule has 3 aromatic heterocycles. The van der Waals surface area contributed by atoms with Crippen LogP contribution >= 0.6 is 0 Å². The van der Waals surface area contributed by atoms with Gasteiger partial charge >= 0.3 is 5.92 Å². The molecule has 1 fully saturated rings. The number of alkyl halides is 2. The van der Waals surface area contributed by atoms with E-state index in [1.165, 1.54) is 12.3 Å². The van der Waals surface area contributed by atoms with Crippen molar-refractivity contribution in [3.05, 3.63) is 114 Å². The molecule has 3 aromatic carbocycles. The summed E-state index contributed by atoms with van der Waals surface area (Å²) in [6, 6.07) is 18.7. The predicted molar refractivity (Wildman–Crippen MR) is 181 cm³/mol. The van der Waals surface area contributed by atoms with E-state index < -0.39 is 41.0 Å². The molecule has 7 rings (SSSR count). The van der Waals surface area contributed by atoms with Gasteiger partial charge < -0.3 is 19.9 Å². The average Bonchev–Trinajstić information content (AvgIpc) is 3.77. The van der Waals surface area contributed by atoms with Gasteiger partial charge in [0.15, 0.2) is 5.60 Å². The van der Waals surface area contributed by atoms with Crippen LogP contribution in [0.4, 0.5) is 28.9 Å². The summed E-state index contributed by atoms with van der Waals surface area (Å²) >= 11 is 0. The first-order valence-corrected chi connectivity index (χ1v) is 16.3. The number of rotatable bonds is 10. The number of aliphatic hydroxyl groups is 1. The number of aromatic nitrogens is 7. The molecule has 6 aromatic rings. The highest BCUT2D eigenvalue weighted by Gasteiger charge is 2.58. The van der Waals surface area contributed by atoms with E-state index in [0.717, 1.165) is 95.6 Å². The van der Waals surface area contributed by atoms with E-state index in [1.807, 2.05) is 24.3 Å². The average molecular weight is 686 g/mol. The van der Waals surface area contributed by atoms with Gasteiger partial charge in [0, 0.05) is 67.4 Å². The van der Waals surface area contributed by atoms with Gasteiger partial charge in [0.25, 0.3) is 0 Å². The summed E-state index contributed by atoms with van der Waals surface area (Å²) in [6.07, 6.45) is 3.19. The molecule has 0 saturated carbocycles. The Hall–Kier alpha value is -5.37. The highest BCUT2D eigenvalue weighted by atomic mass is 19.3. The highest BCUT2D eigenvalue weighted by molar-refractivity contribution is 5.80. The zero-order chi connectivity index (χ0) is 35.0. The molecule has 50 heavy (non-hydrogen) atoms. The van der Waals surface area contributed by atoms with Gasteiger partial charge in [0.1, 0.15) is 29.5 Å². The Morgan fingerprint density at radius 1 is 0.860 bits per heavy atom. The SMILES string of the molecule is CC(C)Cc1nc2ccc(N3CCN(c4ccc(-c5ccc(C(F)(F)C(O)(Cn6cnnn6)c6ccc(F)cc6F)nc5)cc4)CC3)cc2[nH]1. The molecule has 1 aliphatic heterocycles. The molecule has 0 spiro atoms. The van der Waals surface area contributed by atoms with Crippen LogP contribution in [0.2, 0.25) is 0 Å². The topological polar surface area (TPSA) is 112 Å². The first-order chi connectivity index (χ1) is 24.0. The fourth-order valence-electron chi connectivity index (χ4n) is 6.45. The molecule has 1 saturated heterocycles. The largest absolute Gasteiger partial charge is 0.377 e. The number of nitrogens with zero attached hydrogens (tertiary/aromatic N) is 8. The highest BCUT2D eigenvalue weighted by Crippen LogP contribution is 2.47. The van der Waals surface area contributed by atoms with Gasteiger partial charge in [0.05, 0.1) is 17.6 Å². The van der Waals surface area contributed by atoms with Gasteiger partial charge in [-0.2, -0.15) is 8.78 Å². The van der Waals surface area contributed by atoms with Crippen LogP contribution in [0.5, 0.6) is 0 Å². The number of hydrogen-bond donors (Lipinski definition) is 2. The Morgan fingerprint density at radius 3 is 2.20 bits per heavy atom. The van der Waals surface area contributed by atoms with Crippen molar-refractivity contribution < 1.29 is 22.7 Å². The first kappa shape index (κ1) is 33.1. The van der Waals surface area contributed by atoms with Crippen molar-refractivity contribution in [1.82, 2.24) is 35.2 Å². The number of imidazole rings is 1. The maximum absolute atomic E-state index is 16.1. The van der Waals surface area contributed by atoms with Gasteiger partial charge in [-0.3, -0.25) is 4.98 Å². The van der Waals surface area contributed by atoms with Crippen molar-refractivity contribution in [2.24, 2.45) is 5.92 Å². The molecule has 10 nitrogen and oxygen atoms in total. The van der Waals surface area contributed by atoms with Gasteiger partial charge in [-0.05, 0) is 70.4 Å². The first-order valence-electron chi connectivity index (χ1n) is 16.3. The normalized spacial score (nSPS) is 15.2. The second-order valence-electron chi connectivity index (χ2n) is 13.0. The summed E-state index contributed by atoms with van der Waals surface area (Å²) in [5, 5.41) is 21.8. The molecule has 258 valence electrons. The van der Waals surface area contributed by atoms with E-state index in [0.29, 0.717) is 17.5 Å². The Labute approximate surface area is 285 Å². The molecule has 1 unspecified atom stereocenters. The molecular weight excluding hydrogens is 650 g/mol. The lowest BCUT2D eigenvalue weighted by molar-refractivity contribution is -0.207. The van der Waals surface area contributed by atoms with Gasteiger partial charge in [-0.25, -0.2) is 18.4 Å². The van der Waals surface area contributed by atoms with Crippen LogP contribution in [0.15, 0.2) is 85.3 Å². The Balaban J connectivity index is 1.04. The minimum atomic E-state index is -4.14. The molecule has 1 aliphatic rings. The molecular formula is C36H35F4N9O. The number of fused-ring (bicyclic) bond motifs is 1. The van der Waals surface area contributed by atoms with E-state index in [1.54, 1.807) is 0 Å². The predicted octanol–water partition coefficient (Wildman–Crippen LogP) is 6.09. The summed E-state index contributed by atoms with van der Waals surface area (Å²) in [5.74, 6) is -4.92. The van der Waals surface area contributed by atoms with Crippen molar-refractivity contribution in [2.75, 3.05) is 36.0 Å². The summed E-state index contributed by atoms with van der Waals surface area (Å²) in [5.41, 5.74) is 0.717. The Bertz CT molecular complexity index is 2080. The maximum Gasteiger partial charge on any atom is 0.323 e. The summed E-state index contributed by atoms with van der Waals surface area (Å²) < 4.78 is 61.6. The molecule has 4 heterocycles. The van der Waals surface area contributed by atoms with Crippen LogP contribution < -0.4 is 9.80 Å². The molecule has 0 radical (unpaired) electrons. The molecule has 0 aliphatic carbocycles. The third-order valence-corrected chi connectivity index (χ3v) is 9.09. The number of H-pyrrole nitrogens is 1. The van der Waals surface area contributed by atoms with Gasteiger partial charge in [0.2, 0.25) is 0 Å². The zero-order valence-corrected chi connectivity index (χ0v) is 27.4. The van der Waals surface area contributed by atoms with Crippen LogP contribution in [-0.4, -0.2) is 66.4 Å². The number of anilines is 2. The van der Waals surface area contributed by atoms with Gasteiger partial charge in [-0.1, -0.05) is 32.0 Å². The Kier molecular flexibility index (Phi) is 8.72. The number of benzene rings is 3. The monoisotopic (exact) mass is 685 g/mol. The number of piperazine rings is 1. The summed E-state index contributed by atoms with van der Waals surface area (Å²) in [6.45, 7) is 6.78. The fourth-order valence-corrected chi connectivity index (χ4v) is 6.45. The standard InChI is InChI=1S/C36H35F4N9O/c1-23(2)17-34-43-31-11-9-28(19-32(31)44-34)48-15-13-47(14-16-48)27-7-3-24(4-8-27)25-5-12-33(41-20-25)36(39,40)35(50,21-49-22-42-45-46-49)29-10-6-26(37)18-30(29)38/h3-12,18-20,22-23,50H,13-17,21H2,1-2H3,(H,43,44). The van der Waals surface area contributed by atoms with Crippen molar-refractivity contribution >= 4 is 22.4 Å². The Morgan fingerprint density at radius 2 is 1.56 bits per heavy atom. The lowest BCUT2D eigenvalue weighted by atomic mass is 9.84. The van der Waals surface area contributed by atoms with Gasteiger partial charge in [-0.15, -0.1) is 5.10 Å². The quantitative estimate of drug-likeness (QED) is 0.167. The maximum atomic E-state index is 16.1. The number of halogens is 4. The summed E-state index contributed by atoms with van der Waals surface area (Å²) in [4.78, 5) is 16.8. The van der Waals surface area contributed by atoms with Crippen molar-refractivity contribution in [1.29, 1.82) is 0 Å². The smallest absolute Gasteiger partial charge is 0.323 e. The van der Waals surface area contributed by atoms with E-state index in [-0.39, 0.29) is 0 Å². The molecule has 0 amide bonds. The molecule has 0 bridgehead atoms. The number of pyridine rings is 1. The van der Waals surface area contributed by atoms with Crippen LogP contribution in [0.3, 0.4) is 0 Å². The second kappa shape index (κ2) is 13.2. The van der Waals surface area contributed by atoms with E-state index in [4.69, 9.17) is 4.98 Å². The van der Waals surface area contributed by atoms with Crippen molar-refractivity contribution in [3.8, 4) is 11.1 Å². The van der Waals surface area contributed by atoms with E-state index >= 15 is 8.78 Å². The second-order valence-corrected chi connectivity index (χ2v) is 13.0. The van der Waals surface area contributed by atoms with Crippen LogP contribution in [0.1, 0.15) is 30.9 Å². The lowest BCUT2D eigenvalue weighted by Gasteiger charge is -2.37. The number of nitrogens with one attached hydrogen (secondary N) is 1. The zero-order valence-electron chi connectivity index (χ0n) is 27.4. The third-order valence-electron chi connectivity index (χ3n) is 9.09. The minimum Gasteiger partial charge on any atom is -0.377 e. The van der Waals surface area contributed by atoms with Crippen LogP contribution in [-0.2, 0) is 24.5 Å². The van der Waals surface area contributed by atoms with E-state index in [9.17, 15) is 13.9 Å². The van der Waals surface area contributed by atoms with E-state index in [2.05, 4.69) is 67.3 Å². The van der Waals surface area contributed by atoms with Crippen LogP contribution in [0.25, 0.3) is 22.2 Å². The third kappa shape index (κ3) is 6.38. The number of aromatic amines is 1. The van der Waals surface area contributed by atoms with Crippen LogP contribution in [0, 0.1) is 17.6 Å². The number of hydrogen-bond acceptors (Lipinski definition) is 8. The molecule has 1 atom stereocenters. The van der Waals surface area contributed by atoms with Crippen molar-refractivity contribution in [3.63, 3.8) is 0 Å². The molecule has 14 heteroatoms. The number of tetrazole rings is 1.